The van der Waals surface area contributed by atoms with Crippen molar-refractivity contribution >= 4 is 27.9 Å². The SMILES string of the molecule is COC(=O)C1CCN(C(=O)COC(=O)CCCNS(=O)(=O)c2ccc3c(c2)OCCO3)CC1. The number of ether oxygens (including phenoxy) is 4. The smallest absolute Gasteiger partial charge is 0.308 e. The molecule has 1 fully saturated rings. The Hall–Kier alpha value is -2.86. The molecule has 2 heterocycles. The first-order valence-electron chi connectivity index (χ1n) is 10.7. The van der Waals surface area contributed by atoms with Gasteiger partial charge in [-0.25, -0.2) is 13.1 Å². The number of likely N-dealkylation sites (tertiary alicyclic amines) is 1. The second-order valence-corrected chi connectivity index (χ2v) is 9.41. The average Bonchev–Trinajstić information content (AvgIpc) is 2.84. The number of fused-ring (bicyclic) bond motifs is 1. The molecule has 0 spiro atoms. The fraction of sp³-hybridized carbons (Fsp3) is 0.571. The van der Waals surface area contributed by atoms with E-state index in [0.29, 0.717) is 50.6 Å². The van der Waals surface area contributed by atoms with Gasteiger partial charge in [-0.05, 0) is 31.4 Å². The normalized spacial score (nSPS) is 16.2. The van der Waals surface area contributed by atoms with Gasteiger partial charge in [-0.1, -0.05) is 0 Å². The molecular formula is C21H28N2O9S. The Morgan fingerprint density at radius 3 is 2.52 bits per heavy atom. The molecule has 0 saturated carbocycles. The summed E-state index contributed by atoms with van der Waals surface area (Å²) in [5.41, 5.74) is 0. The molecule has 0 bridgehead atoms. The summed E-state index contributed by atoms with van der Waals surface area (Å²) in [6.07, 6.45) is 1.19. The van der Waals surface area contributed by atoms with E-state index in [4.69, 9.17) is 18.9 Å². The van der Waals surface area contributed by atoms with Crippen LogP contribution >= 0.6 is 0 Å². The van der Waals surface area contributed by atoms with Crippen LogP contribution in [0.2, 0.25) is 0 Å². The second-order valence-electron chi connectivity index (χ2n) is 7.65. The van der Waals surface area contributed by atoms with Crippen LogP contribution in [-0.2, 0) is 33.9 Å². The summed E-state index contributed by atoms with van der Waals surface area (Å²) in [5, 5.41) is 0. The predicted octanol–water partition coefficient (Wildman–Crippen LogP) is 0.471. The van der Waals surface area contributed by atoms with Gasteiger partial charge in [-0.3, -0.25) is 14.4 Å². The minimum Gasteiger partial charge on any atom is -0.486 e. The molecule has 2 aliphatic rings. The molecule has 1 amide bonds. The molecule has 1 N–H and O–H groups in total. The molecular weight excluding hydrogens is 456 g/mol. The predicted molar refractivity (Wildman–Crippen MR) is 114 cm³/mol. The molecule has 1 aromatic rings. The lowest BCUT2D eigenvalue weighted by Crippen LogP contribution is -2.42. The number of amides is 1. The van der Waals surface area contributed by atoms with E-state index >= 15 is 0 Å². The third-order valence-corrected chi connectivity index (χ3v) is 6.87. The Balaban J connectivity index is 1.34. The van der Waals surface area contributed by atoms with Crippen LogP contribution in [0.4, 0.5) is 0 Å². The van der Waals surface area contributed by atoms with Gasteiger partial charge in [0.15, 0.2) is 18.1 Å². The minimum atomic E-state index is -3.78. The van der Waals surface area contributed by atoms with Crippen LogP contribution in [-0.4, -0.2) is 77.7 Å². The topological polar surface area (TPSA) is 138 Å². The fourth-order valence-corrected chi connectivity index (χ4v) is 4.64. The molecule has 0 aliphatic carbocycles. The molecule has 3 rings (SSSR count). The maximum Gasteiger partial charge on any atom is 0.308 e. The van der Waals surface area contributed by atoms with Crippen LogP contribution in [0.15, 0.2) is 23.1 Å². The number of sulfonamides is 1. The summed E-state index contributed by atoms with van der Waals surface area (Å²) >= 11 is 0. The van der Waals surface area contributed by atoms with E-state index in [1.165, 1.54) is 25.3 Å². The van der Waals surface area contributed by atoms with Crippen LogP contribution in [0, 0.1) is 5.92 Å². The van der Waals surface area contributed by atoms with Crippen molar-refractivity contribution in [2.24, 2.45) is 5.92 Å². The zero-order chi connectivity index (χ0) is 23.8. The number of nitrogens with one attached hydrogen (secondary N) is 1. The Morgan fingerprint density at radius 2 is 1.82 bits per heavy atom. The van der Waals surface area contributed by atoms with Gasteiger partial charge >= 0.3 is 11.9 Å². The first kappa shape index (κ1) is 24.8. The molecule has 0 radical (unpaired) electrons. The molecule has 33 heavy (non-hydrogen) atoms. The Kier molecular flexibility index (Phi) is 8.50. The quantitative estimate of drug-likeness (QED) is 0.392. The average molecular weight is 485 g/mol. The number of carbonyl (C=O) groups excluding carboxylic acids is 3. The van der Waals surface area contributed by atoms with E-state index in [2.05, 4.69) is 4.72 Å². The summed E-state index contributed by atoms with van der Waals surface area (Å²) in [7, 11) is -2.44. The van der Waals surface area contributed by atoms with E-state index in [1.807, 2.05) is 0 Å². The molecule has 0 aromatic heterocycles. The van der Waals surface area contributed by atoms with Crippen LogP contribution in [0.25, 0.3) is 0 Å². The van der Waals surface area contributed by atoms with Crippen molar-refractivity contribution in [1.82, 2.24) is 9.62 Å². The summed E-state index contributed by atoms with van der Waals surface area (Å²) in [6.45, 7) is 1.20. The number of piperidine rings is 1. The van der Waals surface area contributed by atoms with Gasteiger partial charge in [0, 0.05) is 32.1 Å². The Labute approximate surface area is 192 Å². The number of hydrogen-bond acceptors (Lipinski definition) is 9. The van der Waals surface area contributed by atoms with Crippen molar-refractivity contribution < 1.29 is 41.7 Å². The van der Waals surface area contributed by atoms with Gasteiger partial charge in [-0.15, -0.1) is 0 Å². The highest BCUT2D eigenvalue weighted by molar-refractivity contribution is 7.89. The highest BCUT2D eigenvalue weighted by atomic mass is 32.2. The summed E-state index contributed by atoms with van der Waals surface area (Å²) in [4.78, 5) is 37.2. The van der Waals surface area contributed by atoms with Gasteiger partial charge in [0.2, 0.25) is 10.0 Å². The summed E-state index contributed by atoms with van der Waals surface area (Å²) in [6, 6.07) is 4.35. The maximum atomic E-state index is 12.4. The number of carbonyl (C=O) groups is 3. The fourth-order valence-electron chi connectivity index (χ4n) is 3.55. The largest absolute Gasteiger partial charge is 0.486 e. The number of rotatable bonds is 9. The lowest BCUT2D eigenvalue weighted by Gasteiger charge is -2.30. The number of benzene rings is 1. The molecule has 1 aromatic carbocycles. The number of esters is 2. The van der Waals surface area contributed by atoms with Gasteiger partial charge in [0.05, 0.1) is 17.9 Å². The van der Waals surface area contributed by atoms with E-state index in [9.17, 15) is 22.8 Å². The Morgan fingerprint density at radius 1 is 1.12 bits per heavy atom. The van der Waals surface area contributed by atoms with Gasteiger partial charge < -0.3 is 23.8 Å². The summed E-state index contributed by atoms with van der Waals surface area (Å²) in [5.74, 6) is -0.555. The zero-order valence-electron chi connectivity index (χ0n) is 18.4. The monoisotopic (exact) mass is 484 g/mol. The van der Waals surface area contributed by atoms with Crippen molar-refractivity contribution in [1.29, 1.82) is 0 Å². The van der Waals surface area contributed by atoms with Crippen LogP contribution < -0.4 is 14.2 Å². The molecule has 0 atom stereocenters. The van der Waals surface area contributed by atoms with E-state index in [-0.39, 0.29) is 48.7 Å². The molecule has 182 valence electrons. The van der Waals surface area contributed by atoms with Crippen molar-refractivity contribution in [3.05, 3.63) is 18.2 Å². The van der Waals surface area contributed by atoms with Crippen molar-refractivity contribution in [3.63, 3.8) is 0 Å². The highest BCUT2D eigenvalue weighted by Gasteiger charge is 2.28. The lowest BCUT2D eigenvalue weighted by atomic mass is 9.97. The van der Waals surface area contributed by atoms with E-state index < -0.39 is 16.0 Å². The maximum absolute atomic E-state index is 12.4. The van der Waals surface area contributed by atoms with Crippen molar-refractivity contribution in [3.8, 4) is 11.5 Å². The molecule has 1 saturated heterocycles. The van der Waals surface area contributed by atoms with Crippen LogP contribution in [0.1, 0.15) is 25.7 Å². The first-order valence-corrected chi connectivity index (χ1v) is 12.2. The summed E-state index contributed by atoms with van der Waals surface area (Å²) < 4.78 is 47.8. The molecule has 2 aliphatic heterocycles. The number of methoxy groups -OCH3 is 1. The third-order valence-electron chi connectivity index (χ3n) is 5.41. The van der Waals surface area contributed by atoms with Gasteiger partial charge in [0.25, 0.3) is 5.91 Å². The Bertz CT molecular complexity index is 972. The van der Waals surface area contributed by atoms with Crippen LogP contribution in [0.3, 0.4) is 0 Å². The van der Waals surface area contributed by atoms with Crippen LogP contribution in [0.5, 0.6) is 11.5 Å². The minimum absolute atomic E-state index is 0.0286. The standard InChI is InChI=1S/C21H28N2O9S/c1-29-21(26)15-6-9-23(10-7-15)19(24)14-32-20(25)3-2-8-22-33(27,28)16-4-5-17-18(13-16)31-12-11-30-17/h4-5,13,15,22H,2-3,6-12,14H2,1H3. The van der Waals surface area contributed by atoms with Gasteiger partial charge in [-0.2, -0.15) is 0 Å². The number of nitrogens with zero attached hydrogens (tertiary/aromatic N) is 1. The second kappa shape index (κ2) is 11.3. The third kappa shape index (κ3) is 6.81. The first-order chi connectivity index (χ1) is 15.8. The van der Waals surface area contributed by atoms with E-state index in [1.54, 1.807) is 4.90 Å². The lowest BCUT2D eigenvalue weighted by molar-refractivity contribution is -0.154. The molecule has 12 heteroatoms. The highest BCUT2D eigenvalue weighted by Crippen LogP contribution is 2.32. The van der Waals surface area contributed by atoms with Gasteiger partial charge in [0.1, 0.15) is 13.2 Å². The number of hydrogen-bond donors (Lipinski definition) is 1. The van der Waals surface area contributed by atoms with E-state index in [0.717, 1.165) is 0 Å². The molecule has 11 nitrogen and oxygen atoms in total. The zero-order valence-corrected chi connectivity index (χ0v) is 19.2. The van der Waals surface area contributed by atoms with Crippen molar-refractivity contribution in [2.75, 3.05) is 46.6 Å². The van der Waals surface area contributed by atoms with Crippen molar-refractivity contribution in [2.45, 2.75) is 30.6 Å². The molecule has 0 unspecified atom stereocenters.